The molecular formula is C22H28N2O2S. The molecule has 5 fully saturated rings. The second-order valence-electron chi connectivity index (χ2n) is 9.28. The summed E-state index contributed by atoms with van der Waals surface area (Å²) in [5.74, 6) is 2.92. The molecule has 2 amide bonds. The first-order valence-corrected chi connectivity index (χ1v) is 11.4. The first-order valence-electron chi connectivity index (χ1n) is 10.4. The van der Waals surface area contributed by atoms with Crippen LogP contribution < -0.4 is 10.6 Å². The van der Waals surface area contributed by atoms with Gasteiger partial charge in [-0.1, -0.05) is 12.1 Å². The van der Waals surface area contributed by atoms with Crippen molar-refractivity contribution in [3.05, 3.63) is 29.8 Å². The number of thioether (sulfide) groups is 1. The lowest BCUT2D eigenvalue weighted by atomic mass is 9.53. The topological polar surface area (TPSA) is 58.2 Å². The second-order valence-corrected chi connectivity index (χ2v) is 10.3. The summed E-state index contributed by atoms with van der Waals surface area (Å²) in [4.78, 5) is 26.1. The monoisotopic (exact) mass is 384 g/mol. The van der Waals surface area contributed by atoms with E-state index in [1.807, 2.05) is 24.3 Å². The lowest BCUT2D eigenvalue weighted by Crippen LogP contribution is -2.59. The van der Waals surface area contributed by atoms with E-state index in [2.05, 4.69) is 10.6 Å². The minimum absolute atomic E-state index is 0.0208. The average Bonchev–Trinajstić information content (AvgIpc) is 3.42. The van der Waals surface area contributed by atoms with Gasteiger partial charge < -0.3 is 10.6 Å². The van der Waals surface area contributed by atoms with Crippen LogP contribution in [0.15, 0.2) is 29.2 Å². The van der Waals surface area contributed by atoms with Gasteiger partial charge >= 0.3 is 0 Å². The van der Waals surface area contributed by atoms with E-state index in [1.54, 1.807) is 0 Å². The van der Waals surface area contributed by atoms with E-state index >= 15 is 0 Å². The molecule has 1 aromatic rings. The third kappa shape index (κ3) is 3.75. The Morgan fingerprint density at radius 2 is 1.63 bits per heavy atom. The molecule has 1 aromatic carbocycles. The summed E-state index contributed by atoms with van der Waals surface area (Å²) in [6.07, 6.45) is 9.78. The van der Waals surface area contributed by atoms with Crippen molar-refractivity contribution < 1.29 is 9.59 Å². The largest absolute Gasteiger partial charge is 0.353 e. The maximum atomic E-state index is 13.2. The second kappa shape index (κ2) is 6.84. The molecule has 0 saturated heterocycles. The molecule has 5 heteroatoms. The number of amides is 2. The van der Waals surface area contributed by atoms with Crippen molar-refractivity contribution in [1.29, 1.82) is 0 Å². The van der Waals surface area contributed by atoms with Gasteiger partial charge in [0.25, 0.3) is 5.91 Å². The third-order valence-electron chi connectivity index (χ3n) is 6.85. The molecule has 0 unspecified atom stereocenters. The summed E-state index contributed by atoms with van der Waals surface area (Å²) >= 11 is 1.47. The molecule has 0 atom stereocenters. The molecule has 6 rings (SSSR count). The zero-order chi connectivity index (χ0) is 18.4. The van der Waals surface area contributed by atoms with E-state index in [0.29, 0.717) is 11.8 Å². The highest BCUT2D eigenvalue weighted by atomic mass is 32.2. The van der Waals surface area contributed by atoms with Gasteiger partial charge in [-0.3, -0.25) is 9.59 Å². The Labute approximate surface area is 165 Å². The normalized spacial score (nSPS) is 33.7. The summed E-state index contributed by atoms with van der Waals surface area (Å²) in [5, 5.41) is 6.47. The Morgan fingerprint density at radius 3 is 2.26 bits per heavy atom. The molecule has 5 saturated carbocycles. The summed E-state index contributed by atoms with van der Waals surface area (Å²) in [7, 11) is 0. The zero-order valence-electron chi connectivity index (χ0n) is 15.7. The summed E-state index contributed by atoms with van der Waals surface area (Å²) in [5.41, 5.74) is 0.741. The minimum Gasteiger partial charge on any atom is -0.353 e. The van der Waals surface area contributed by atoms with Crippen LogP contribution in [0.4, 0.5) is 0 Å². The fourth-order valence-electron chi connectivity index (χ4n) is 5.99. The van der Waals surface area contributed by atoms with Crippen LogP contribution in [0, 0.1) is 17.8 Å². The molecule has 0 spiro atoms. The smallest absolute Gasteiger partial charge is 0.252 e. The Balaban J connectivity index is 1.27. The van der Waals surface area contributed by atoms with Gasteiger partial charge in [0.15, 0.2) is 0 Å². The standard InChI is InChI=1S/C22H28N2O2S/c25-20(23-17-5-6-17)13-27-19-4-2-1-3-18(19)21(26)24-22-10-14-7-15(11-22)9-16(8-14)12-22/h1-4,14-17H,5-13H2,(H,23,25)(H,24,26). The molecule has 0 aliphatic heterocycles. The lowest BCUT2D eigenvalue weighted by molar-refractivity contribution is -0.118. The maximum absolute atomic E-state index is 13.2. The highest BCUT2D eigenvalue weighted by molar-refractivity contribution is 8.00. The molecule has 5 aliphatic carbocycles. The Bertz CT molecular complexity index is 723. The molecule has 0 aromatic heterocycles. The Hall–Kier alpha value is -1.49. The number of hydrogen-bond donors (Lipinski definition) is 2. The fourth-order valence-corrected chi connectivity index (χ4v) is 6.85. The van der Waals surface area contributed by atoms with Crippen LogP contribution in [0.5, 0.6) is 0 Å². The van der Waals surface area contributed by atoms with Crippen molar-refractivity contribution in [1.82, 2.24) is 10.6 Å². The van der Waals surface area contributed by atoms with E-state index in [4.69, 9.17) is 0 Å². The SMILES string of the molecule is O=C(CSc1ccccc1C(=O)NC12CC3CC(CC(C3)C1)C2)NC1CC1. The molecular weight excluding hydrogens is 356 g/mol. The third-order valence-corrected chi connectivity index (χ3v) is 7.92. The van der Waals surface area contributed by atoms with Gasteiger partial charge in [-0.2, -0.15) is 0 Å². The quantitative estimate of drug-likeness (QED) is 0.734. The van der Waals surface area contributed by atoms with E-state index in [0.717, 1.165) is 60.3 Å². The predicted molar refractivity (Wildman–Crippen MR) is 107 cm³/mol. The average molecular weight is 385 g/mol. The van der Waals surface area contributed by atoms with Crippen LogP contribution in [0.3, 0.4) is 0 Å². The van der Waals surface area contributed by atoms with Crippen molar-refractivity contribution >= 4 is 23.6 Å². The molecule has 4 bridgehead atoms. The molecule has 27 heavy (non-hydrogen) atoms. The van der Waals surface area contributed by atoms with Crippen molar-refractivity contribution in [2.45, 2.75) is 67.8 Å². The molecule has 0 radical (unpaired) electrons. The highest BCUT2D eigenvalue weighted by Gasteiger charge is 2.51. The van der Waals surface area contributed by atoms with Gasteiger partial charge in [-0.15, -0.1) is 11.8 Å². The van der Waals surface area contributed by atoms with E-state index < -0.39 is 0 Å². The van der Waals surface area contributed by atoms with Gasteiger partial charge in [-0.25, -0.2) is 0 Å². The van der Waals surface area contributed by atoms with E-state index in [1.165, 1.54) is 31.0 Å². The van der Waals surface area contributed by atoms with Gasteiger partial charge in [-0.05, 0) is 81.3 Å². The van der Waals surface area contributed by atoms with Crippen LogP contribution in [-0.4, -0.2) is 29.1 Å². The molecule has 5 aliphatic rings. The van der Waals surface area contributed by atoms with Crippen LogP contribution in [0.25, 0.3) is 0 Å². The van der Waals surface area contributed by atoms with E-state index in [-0.39, 0.29) is 17.4 Å². The van der Waals surface area contributed by atoms with Crippen molar-refractivity contribution in [3.63, 3.8) is 0 Å². The first-order chi connectivity index (χ1) is 13.1. The summed E-state index contributed by atoms with van der Waals surface area (Å²) in [6.45, 7) is 0. The summed E-state index contributed by atoms with van der Waals surface area (Å²) < 4.78 is 0. The maximum Gasteiger partial charge on any atom is 0.252 e. The molecule has 0 heterocycles. The Kier molecular flexibility index (Phi) is 4.46. The Morgan fingerprint density at radius 1 is 1.00 bits per heavy atom. The number of benzene rings is 1. The fraction of sp³-hybridized carbons (Fsp3) is 0.636. The van der Waals surface area contributed by atoms with Crippen LogP contribution >= 0.6 is 11.8 Å². The van der Waals surface area contributed by atoms with Crippen molar-refractivity contribution in [3.8, 4) is 0 Å². The van der Waals surface area contributed by atoms with Crippen LogP contribution in [0.2, 0.25) is 0 Å². The number of carbonyl (C=O) groups excluding carboxylic acids is 2. The predicted octanol–water partition coefficient (Wildman–Crippen LogP) is 3.76. The molecule has 144 valence electrons. The number of nitrogens with one attached hydrogen (secondary N) is 2. The van der Waals surface area contributed by atoms with E-state index in [9.17, 15) is 9.59 Å². The number of carbonyl (C=O) groups is 2. The lowest BCUT2D eigenvalue weighted by Gasteiger charge is -2.56. The summed E-state index contributed by atoms with van der Waals surface area (Å²) in [6, 6.07) is 8.11. The van der Waals surface area contributed by atoms with Gasteiger partial charge in [0.2, 0.25) is 5.91 Å². The number of hydrogen-bond acceptors (Lipinski definition) is 3. The van der Waals surface area contributed by atoms with Gasteiger partial charge in [0, 0.05) is 16.5 Å². The van der Waals surface area contributed by atoms with Crippen LogP contribution in [-0.2, 0) is 4.79 Å². The zero-order valence-corrected chi connectivity index (χ0v) is 16.5. The molecule has 2 N–H and O–H groups in total. The van der Waals surface area contributed by atoms with Gasteiger partial charge in [0.05, 0.1) is 11.3 Å². The van der Waals surface area contributed by atoms with Crippen LogP contribution in [0.1, 0.15) is 61.7 Å². The number of rotatable bonds is 6. The first kappa shape index (κ1) is 17.6. The van der Waals surface area contributed by atoms with Crippen molar-refractivity contribution in [2.24, 2.45) is 17.8 Å². The highest BCUT2D eigenvalue weighted by Crippen LogP contribution is 2.55. The van der Waals surface area contributed by atoms with Crippen molar-refractivity contribution in [2.75, 3.05) is 5.75 Å². The molecule has 4 nitrogen and oxygen atoms in total. The minimum atomic E-state index is 0.0208. The van der Waals surface area contributed by atoms with Gasteiger partial charge in [0.1, 0.15) is 0 Å².